The SMILES string of the molecule is Cc1ccc(OCc2nc3cc(C)cnc3n2C2CCNCC2)cc1. The number of hydrogen-bond donors (Lipinski definition) is 1. The van der Waals surface area contributed by atoms with Crippen molar-refractivity contribution in [2.75, 3.05) is 13.1 Å². The van der Waals surface area contributed by atoms with Crippen LogP contribution >= 0.6 is 0 Å². The van der Waals surface area contributed by atoms with Crippen LogP contribution < -0.4 is 10.1 Å². The Bertz CT molecular complexity index is 863. The minimum Gasteiger partial charge on any atom is -0.486 e. The van der Waals surface area contributed by atoms with Crippen LogP contribution in [0.3, 0.4) is 0 Å². The first-order valence-electron chi connectivity index (χ1n) is 8.94. The maximum absolute atomic E-state index is 6.01. The molecule has 0 saturated carbocycles. The standard InChI is InChI=1S/C20H24N4O/c1-14-3-5-17(6-4-14)25-13-19-23-18-11-15(2)12-22-20(18)24(19)16-7-9-21-10-8-16/h3-6,11-12,16,21H,7-10,13H2,1-2H3. The van der Waals surface area contributed by atoms with Crippen molar-refractivity contribution in [2.24, 2.45) is 0 Å². The molecule has 4 rings (SSSR count). The predicted molar refractivity (Wildman–Crippen MR) is 98.9 cm³/mol. The summed E-state index contributed by atoms with van der Waals surface area (Å²) in [7, 11) is 0. The van der Waals surface area contributed by atoms with Crippen LogP contribution in [-0.4, -0.2) is 27.6 Å². The minimum atomic E-state index is 0.429. The van der Waals surface area contributed by atoms with E-state index in [1.165, 1.54) is 5.56 Å². The number of rotatable bonds is 4. The van der Waals surface area contributed by atoms with Crippen LogP contribution in [0.15, 0.2) is 36.5 Å². The molecule has 3 aromatic rings. The molecular weight excluding hydrogens is 312 g/mol. The van der Waals surface area contributed by atoms with Gasteiger partial charge in [0.1, 0.15) is 23.7 Å². The Morgan fingerprint density at radius 2 is 1.88 bits per heavy atom. The van der Waals surface area contributed by atoms with Gasteiger partial charge in [-0.15, -0.1) is 0 Å². The molecule has 130 valence electrons. The van der Waals surface area contributed by atoms with Crippen molar-refractivity contribution in [3.63, 3.8) is 0 Å². The van der Waals surface area contributed by atoms with Crippen LogP contribution in [0, 0.1) is 13.8 Å². The Balaban J connectivity index is 1.67. The normalized spacial score (nSPS) is 15.6. The number of hydrogen-bond acceptors (Lipinski definition) is 4. The van der Waals surface area contributed by atoms with Crippen molar-refractivity contribution < 1.29 is 4.74 Å². The minimum absolute atomic E-state index is 0.429. The molecule has 0 atom stereocenters. The summed E-state index contributed by atoms with van der Waals surface area (Å²) < 4.78 is 8.31. The molecule has 1 saturated heterocycles. The van der Waals surface area contributed by atoms with Crippen molar-refractivity contribution >= 4 is 11.2 Å². The van der Waals surface area contributed by atoms with E-state index in [2.05, 4.69) is 46.9 Å². The molecule has 0 spiro atoms. The number of piperidine rings is 1. The van der Waals surface area contributed by atoms with Gasteiger partial charge in [0.25, 0.3) is 0 Å². The number of aryl methyl sites for hydroxylation is 2. The third-order valence-corrected chi connectivity index (χ3v) is 4.80. The first-order chi connectivity index (χ1) is 12.2. The van der Waals surface area contributed by atoms with Crippen molar-refractivity contribution in [3.05, 3.63) is 53.5 Å². The quantitative estimate of drug-likeness (QED) is 0.791. The summed E-state index contributed by atoms with van der Waals surface area (Å²) in [5.74, 6) is 1.83. The molecule has 1 fully saturated rings. The number of pyridine rings is 1. The summed E-state index contributed by atoms with van der Waals surface area (Å²) in [4.78, 5) is 9.50. The zero-order valence-corrected chi connectivity index (χ0v) is 14.8. The van der Waals surface area contributed by atoms with Gasteiger partial charge in [0.2, 0.25) is 0 Å². The van der Waals surface area contributed by atoms with Gasteiger partial charge >= 0.3 is 0 Å². The van der Waals surface area contributed by atoms with Gasteiger partial charge in [-0.25, -0.2) is 9.97 Å². The maximum Gasteiger partial charge on any atom is 0.160 e. The zero-order chi connectivity index (χ0) is 17.2. The molecule has 1 aliphatic rings. The van der Waals surface area contributed by atoms with E-state index in [4.69, 9.17) is 9.72 Å². The molecule has 1 aliphatic heterocycles. The molecule has 3 heterocycles. The summed E-state index contributed by atoms with van der Waals surface area (Å²) in [5.41, 5.74) is 4.29. The second-order valence-corrected chi connectivity index (χ2v) is 6.84. The van der Waals surface area contributed by atoms with Gasteiger partial charge in [0.15, 0.2) is 5.65 Å². The fourth-order valence-electron chi connectivity index (χ4n) is 3.46. The lowest BCUT2D eigenvalue weighted by atomic mass is 10.1. The van der Waals surface area contributed by atoms with Gasteiger partial charge in [0, 0.05) is 12.2 Å². The van der Waals surface area contributed by atoms with E-state index in [0.29, 0.717) is 12.6 Å². The van der Waals surface area contributed by atoms with Gasteiger partial charge in [-0.05, 0) is 63.5 Å². The average molecular weight is 336 g/mol. The van der Waals surface area contributed by atoms with E-state index in [-0.39, 0.29) is 0 Å². The maximum atomic E-state index is 6.01. The number of aromatic nitrogens is 3. The highest BCUT2D eigenvalue weighted by atomic mass is 16.5. The largest absolute Gasteiger partial charge is 0.486 e. The van der Waals surface area contributed by atoms with E-state index >= 15 is 0 Å². The molecule has 0 bridgehead atoms. The van der Waals surface area contributed by atoms with Crippen LogP contribution in [0.5, 0.6) is 5.75 Å². The summed E-state index contributed by atoms with van der Waals surface area (Å²) in [6.45, 7) is 6.66. The highest BCUT2D eigenvalue weighted by Crippen LogP contribution is 2.27. The van der Waals surface area contributed by atoms with Crippen molar-refractivity contribution in [3.8, 4) is 5.75 Å². The Kier molecular flexibility index (Phi) is 4.40. The Hall–Kier alpha value is -2.40. The number of nitrogens with one attached hydrogen (secondary N) is 1. The molecule has 0 radical (unpaired) electrons. The van der Waals surface area contributed by atoms with Crippen LogP contribution in [0.2, 0.25) is 0 Å². The second-order valence-electron chi connectivity index (χ2n) is 6.84. The lowest BCUT2D eigenvalue weighted by Gasteiger charge is -2.25. The molecule has 5 heteroatoms. The van der Waals surface area contributed by atoms with Crippen LogP contribution in [0.4, 0.5) is 0 Å². The van der Waals surface area contributed by atoms with Gasteiger partial charge in [0.05, 0.1) is 0 Å². The summed E-state index contributed by atoms with van der Waals surface area (Å²) in [6, 6.07) is 10.7. The fourth-order valence-corrected chi connectivity index (χ4v) is 3.46. The predicted octanol–water partition coefficient (Wildman–Crippen LogP) is 3.55. The summed E-state index contributed by atoms with van der Waals surface area (Å²) in [5, 5.41) is 3.43. The third-order valence-electron chi connectivity index (χ3n) is 4.80. The lowest BCUT2D eigenvalue weighted by molar-refractivity contribution is 0.276. The molecule has 2 aromatic heterocycles. The molecular formula is C20H24N4O. The number of benzene rings is 1. The number of nitrogens with zero attached hydrogens (tertiary/aromatic N) is 3. The van der Waals surface area contributed by atoms with E-state index in [1.807, 2.05) is 18.3 Å². The van der Waals surface area contributed by atoms with E-state index in [9.17, 15) is 0 Å². The van der Waals surface area contributed by atoms with Crippen LogP contribution in [0.1, 0.15) is 35.8 Å². The highest BCUT2D eigenvalue weighted by molar-refractivity contribution is 5.72. The molecule has 5 nitrogen and oxygen atoms in total. The summed E-state index contributed by atoms with van der Waals surface area (Å²) in [6.07, 6.45) is 4.11. The smallest absolute Gasteiger partial charge is 0.160 e. The van der Waals surface area contributed by atoms with Gasteiger partial charge < -0.3 is 14.6 Å². The average Bonchev–Trinajstić information content (AvgIpc) is 2.99. The molecule has 0 amide bonds. The second kappa shape index (κ2) is 6.84. The topological polar surface area (TPSA) is 52.0 Å². The van der Waals surface area contributed by atoms with Crippen LogP contribution in [-0.2, 0) is 6.61 Å². The third kappa shape index (κ3) is 3.37. The number of imidazole rings is 1. The van der Waals surface area contributed by atoms with Gasteiger partial charge in [-0.2, -0.15) is 0 Å². The van der Waals surface area contributed by atoms with Crippen molar-refractivity contribution in [1.82, 2.24) is 19.9 Å². The highest BCUT2D eigenvalue weighted by Gasteiger charge is 2.22. The molecule has 0 aliphatic carbocycles. The first kappa shape index (κ1) is 16.1. The Labute approximate surface area is 148 Å². The van der Waals surface area contributed by atoms with E-state index < -0.39 is 0 Å². The molecule has 25 heavy (non-hydrogen) atoms. The molecule has 1 N–H and O–H groups in total. The van der Waals surface area contributed by atoms with E-state index in [1.54, 1.807) is 0 Å². The van der Waals surface area contributed by atoms with E-state index in [0.717, 1.165) is 54.2 Å². The molecule has 0 unspecified atom stereocenters. The summed E-state index contributed by atoms with van der Waals surface area (Å²) >= 11 is 0. The first-order valence-corrected chi connectivity index (χ1v) is 8.94. The molecule has 1 aromatic carbocycles. The Morgan fingerprint density at radius 1 is 1.12 bits per heavy atom. The zero-order valence-electron chi connectivity index (χ0n) is 14.8. The van der Waals surface area contributed by atoms with Crippen molar-refractivity contribution in [1.29, 1.82) is 0 Å². The number of fused-ring (bicyclic) bond motifs is 1. The monoisotopic (exact) mass is 336 g/mol. The fraction of sp³-hybridized carbons (Fsp3) is 0.400. The van der Waals surface area contributed by atoms with Crippen molar-refractivity contribution in [2.45, 2.75) is 39.3 Å². The Morgan fingerprint density at radius 3 is 2.64 bits per heavy atom. The number of ether oxygens (including phenoxy) is 1. The lowest BCUT2D eigenvalue weighted by Crippen LogP contribution is -2.30. The van der Waals surface area contributed by atoms with Gasteiger partial charge in [-0.1, -0.05) is 17.7 Å². The van der Waals surface area contributed by atoms with Crippen LogP contribution in [0.25, 0.3) is 11.2 Å². The van der Waals surface area contributed by atoms with Gasteiger partial charge in [-0.3, -0.25) is 0 Å².